The SMILES string of the molecule is CCCC(NCc1cccc(Cl)c1)C(=O)OCC. The van der Waals surface area contributed by atoms with E-state index in [-0.39, 0.29) is 12.0 Å². The van der Waals surface area contributed by atoms with Gasteiger partial charge in [-0.2, -0.15) is 0 Å². The van der Waals surface area contributed by atoms with E-state index in [1.165, 1.54) is 0 Å². The van der Waals surface area contributed by atoms with Gasteiger partial charge in [0.1, 0.15) is 6.04 Å². The Bertz CT molecular complexity index is 382. The Labute approximate surface area is 113 Å². The van der Waals surface area contributed by atoms with Gasteiger partial charge in [0.25, 0.3) is 0 Å². The van der Waals surface area contributed by atoms with Crippen LogP contribution in [0.3, 0.4) is 0 Å². The van der Waals surface area contributed by atoms with E-state index in [0.717, 1.165) is 18.4 Å². The van der Waals surface area contributed by atoms with Crippen molar-refractivity contribution < 1.29 is 9.53 Å². The van der Waals surface area contributed by atoms with E-state index in [0.29, 0.717) is 18.2 Å². The molecule has 3 nitrogen and oxygen atoms in total. The Balaban J connectivity index is 2.53. The number of hydrogen-bond donors (Lipinski definition) is 1. The minimum Gasteiger partial charge on any atom is -0.465 e. The lowest BCUT2D eigenvalue weighted by Gasteiger charge is -2.16. The number of esters is 1. The number of hydrogen-bond acceptors (Lipinski definition) is 3. The summed E-state index contributed by atoms with van der Waals surface area (Å²) < 4.78 is 5.04. The van der Waals surface area contributed by atoms with Crippen molar-refractivity contribution in [1.82, 2.24) is 5.32 Å². The Morgan fingerprint density at radius 2 is 2.22 bits per heavy atom. The van der Waals surface area contributed by atoms with E-state index in [9.17, 15) is 4.79 Å². The molecule has 100 valence electrons. The van der Waals surface area contributed by atoms with E-state index < -0.39 is 0 Å². The van der Waals surface area contributed by atoms with Gasteiger partial charge < -0.3 is 10.1 Å². The maximum absolute atomic E-state index is 11.7. The molecular formula is C14H20ClNO2. The number of rotatable bonds is 7. The van der Waals surface area contributed by atoms with Crippen LogP contribution in [0.4, 0.5) is 0 Å². The van der Waals surface area contributed by atoms with Crippen molar-refractivity contribution in [3.63, 3.8) is 0 Å². The molecule has 0 radical (unpaired) electrons. The van der Waals surface area contributed by atoms with Crippen LogP contribution < -0.4 is 5.32 Å². The molecule has 1 unspecified atom stereocenters. The minimum atomic E-state index is -0.242. The summed E-state index contributed by atoms with van der Waals surface area (Å²) in [6.07, 6.45) is 1.71. The van der Waals surface area contributed by atoms with Gasteiger partial charge in [0, 0.05) is 11.6 Å². The van der Waals surface area contributed by atoms with Gasteiger partial charge in [-0.1, -0.05) is 37.1 Å². The molecular weight excluding hydrogens is 250 g/mol. The van der Waals surface area contributed by atoms with Crippen molar-refractivity contribution in [3.8, 4) is 0 Å². The first-order valence-electron chi connectivity index (χ1n) is 6.31. The molecule has 0 aliphatic carbocycles. The monoisotopic (exact) mass is 269 g/mol. The summed E-state index contributed by atoms with van der Waals surface area (Å²) >= 11 is 5.91. The highest BCUT2D eigenvalue weighted by atomic mass is 35.5. The molecule has 1 aromatic carbocycles. The van der Waals surface area contributed by atoms with E-state index in [4.69, 9.17) is 16.3 Å². The van der Waals surface area contributed by atoms with Crippen LogP contribution in [0.2, 0.25) is 5.02 Å². The normalized spacial score (nSPS) is 12.2. The van der Waals surface area contributed by atoms with Crippen molar-refractivity contribution >= 4 is 17.6 Å². The van der Waals surface area contributed by atoms with Crippen LogP contribution in [0.25, 0.3) is 0 Å². The Kier molecular flexibility index (Phi) is 6.76. The molecule has 0 heterocycles. The summed E-state index contributed by atoms with van der Waals surface area (Å²) in [4.78, 5) is 11.7. The second-order valence-electron chi connectivity index (χ2n) is 4.10. The summed E-state index contributed by atoms with van der Waals surface area (Å²) in [6, 6.07) is 7.36. The van der Waals surface area contributed by atoms with Gasteiger partial charge in [0.2, 0.25) is 0 Å². The third kappa shape index (κ3) is 5.07. The Morgan fingerprint density at radius 3 is 2.83 bits per heavy atom. The number of carbonyl (C=O) groups is 1. The smallest absolute Gasteiger partial charge is 0.323 e. The molecule has 0 saturated carbocycles. The van der Waals surface area contributed by atoms with Crippen LogP contribution in [0.5, 0.6) is 0 Å². The first-order valence-corrected chi connectivity index (χ1v) is 6.69. The van der Waals surface area contributed by atoms with Gasteiger partial charge in [0.05, 0.1) is 6.61 Å². The highest BCUT2D eigenvalue weighted by molar-refractivity contribution is 6.30. The topological polar surface area (TPSA) is 38.3 Å². The van der Waals surface area contributed by atoms with Crippen molar-refractivity contribution in [2.24, 2.45) is 0 Å². The van der Waals surface area contributed by atoms with E-state index in [2.05, 4.69) is 5.32 Å². The number of carbonyl (C=O) groups excluding carboxylic acids is 1. The molecule has 0 spiro atoms. The van der Waals surface area contributed by atoms with Crippen LogP contribution in [-0.4, -0.2) is 18.6 Å². The average Bonchev–Trinajstić information content (AvgIpc) is 2.35. The second kappa shape index (κ2) is 8.11. The van der Waals surface area contributed by atoms with Crippen molar-refractivity contribution in [2.75, 3.05) is 6.61 Å². The second-order valence-corrected chi connectivity index (χ2v) is 4.54. The van der Waals surface area contributed by atoms with Crippen molar-refractivity contribution in [3.05, 3.63) is 34.9 Å². The molecule has 18 heavy (non-hydrogen) atoms. The summed E-state index contributed by atoms with van der Waals surface area (Å²) in [6.45, 7) is 4.90. The van der Waals surface area contributed by atoms with Crippen LogP contribution in [0.15, 0.2) is 24.3 Å². The molecule has 1 rings (SSSR count). The van der Waals surface area contributed by atoms with Crippen LogP contribution in [0.1, 0.15) is 32.3 Å². The van der Waals surface area contributed by atoms with Crippen molar-refractivity contribution in [1.29, 1.82) is 0 Å². The number of benzene rings is 1. The van der Waals surface area contributed by atoms with Crippen molar-refractivity contribution in [2.45, 2.75) is 39.3 Å². The molecule has 1 N–H and O–H groups in total. The lowest BCUT2D eigenvalue weighted by atomic mass is 10.1. The van der Waals surface area contributed by atoms with Gasteiger partial charge in [0.15, 0.2) is 0 Å². The lowest BCUT2D eigenvalue weighted by molar-refractivity contribution is -0.145. The first-order chi connectivity index (χ1) is 8.67. The molecule has 0 bridgehead atoms. The van der Waals surface area contributed by atoms with E-state index >= 15 is 0 Å². The Morgan fingerprint density at radius 1 is 1.44 bits per heavy atom. The minimum absolute atomic E-state index is 0.179. The van der Waals surface area contributed by atoms with E-state index in [1.54, 1.807) is 0 Å². The van der Waals surface area contributed by atoms with Gasteiger partial charge in [-0.05, 0) is 31.0 Å². The largest absolute Gasteiger partial charge is 0.465 e. The summed E-state index contributed by atoms with van der Waals surface area (Å²) in [5.74, 6) is -0.179. The predicted octanol–water partition coefficient (Wildman–Crippen LogP) is 3.16. The summed E-state index contributed by atoms with van der Waals surface area (Å²) in [7, 11) is 0. The molecule has 0 amide bonds. The number of ether oxygens (including phenoxy) is 1. The van der Waals surface area contributed by atoms with Crippen LogP contribution >= 0.6 is 11.6 Å². The number of nitrogens with one attached hydrogen (secondary N) is 1. The standard InChI is InChI=1S/C14H20ClNO2/c1-3-6-13(14(17)18-4-2)16-10-11-7-5-8-12(15)9-11/h5,7-9,13,16H,3-4,6,10H2,1-2H3. The highest BCUT2D eigenvalue weighted by Gasteiger charge is 2.17. The maximum atomic E-state index is 11.7. The zero-order valence-electron chi connectivity index (χ0n) is 10.9. The number of halogens is 1. The molecule has 0 fully saturated rings. The fraction of sp³-hybridized carbons (Fsp3) is 0.500. The lowest BCUT2D eigenvalue weighted by Crippen LogP contribution is -2.37. The van der Waals surface area contributed by atoms with Crippen LogP contribution in [-0.2, 0) is 16.1 Å². The van der Waals surface area contributed by atoms with E-state index in [1.807, 2.05) is 38.1 Å². The van der Waals surface area contributed by atoms with Gasteiger partial charge in [-0.3, -0.25) is 4.79 Å². The first kappa shape index (κ1) is 15.0. The van der Waals surface area contributed by atoms with Gasteiger partial charge >= 0.3 is 5.97 Å². The molecule has 0 aliphatic rings. The molecule has 0 aromatic heterocycles. The zero-order chi connectivity index (χ0) is 13.4. The highest BCUT2D eigenvalue weighted by Crippen LogP contribution is 2.11. The summed E-state index contributed by atoms with van der Waals surface area (Å²) in [5, 5.41) is 3.92. The Hall–Kier alpha value is -1.06. The molecule has 0 saturated heterocycles. The molecule has 1 atom stereocenters. The molecule has 1 aromatic rings. The predicted molar refractivity (Wildman–Crippen MR) is 73.6 cm³/mol. The maximum Gasteiger partial charge on any atom is 0.323 e. The third-order valence-corrected chi connectivity index (χ3v) is 2.83. The zero-order valence-corrected chi connectivity index (χ0v) is 11.7. The third-order valence-electron chi connectivity index (χ3n) is 2.59. The quantitative estimate of drug-likeness (QED) is 0.773. The average molecular weight is 270 g/mol. The molecule has 0 aliphatic heterocycles. The fourth-order valence-corrected chi connectivity index (χ4v) is 1.94. The van der Waals surface area contributed by atoms with Gasteiger partial charge in [-0.25, -0.2) is 0 Å². The molecule has 4 heteroatoms. The van der Waals surface area contributed by atoms with Gasteiger partial charge in [-0.15, -0.1) is 0 Å². The fourth-order valence-electron chi connectivity index (χ4n) is 1.72. The van der Waals surface area contributed by atoms with Crippen LogP contribution in [0, 0.1) is 0 Å². The summed E-state index contributed by atoms with van der Waals surface area (Å²) in [5.41, 5.74) is 1.06.